The van der Waals surface area contributed by atoms with Crippen LogP contribution in [0.4, 0.5) is 0 Å². The van der Waals surface area contributed by atoms with Gasteiger partial charge in [0, 0.05) is 12.5 Å². The highest BCUT2D eigenvalue weighted by atomic mass is 16.3. The molecule has 1 atom stereocenters. The molecule has 0 spiro atoms. The van der Waals surface area contributed by atoms with E-state index < -0.39 is 0 Å². The molecule has 0 aromatic carbocycles. The number of rotatable bonds is 2. The fraction of sp³-hybridized carbons (Fsp3) is 0.600. The maximum Gasteiger partial charge on any atom is 0.0494 e. The topological polar surface area (TPSA) is 20.2 Å². The van der Waals surface area contributed by atoms with Gasteiger partial charge >= 0.3 is 0 Å². The maximum absolute atomic E-state index is 8.91. The SMILES string of the molecule is C/C=C/C1=C[C@@H](CO)CCC1. The molecule has 0 saturated heterocycles. The number of aliphatic hydroxyl groups is 1. The van der Waals surface area contributed by atoms with Crippen molar-refractivity contribution in [3.05, 3.63) is 23.8 Å². The summed E-state index contributed by atoms with van der Waals surface area (Å²) in [4.78, 5) is 0. The van der Waals surface area contributed by atoms with Gasteiger partial charge in [-0.05, 0) is 26.2 Å². The molecule has 1 nitrogen and oxygen atoms in total. The molecule has 1 N–H and O–H groups in total. The van der Waals surface area contributed by atoms with Gasteiger partial charge < -0.3 is 5.11 Å². The molecule has 0 aromatic heterocycles. The summed E-state index contributed by atoms with van der Waals surface area (Å²) in [5.41, 5.74) is 1.39. The van der Waals surface area contributed by atoms with Crippen LogP contribution >= 0.6 is 0 Å². The van der Waals surface area contributed by atoms with E-state index >= 15 is 0 Å². The van der Waals surface area contributed by atoms with E-state index in [9.17, 15) is 0 Å². The first kappa shape index (κ1) is 8.54. The van der Waals surface area contributed by atoms with Gasteiger partial charge in [-0.3, -0.25) is 0 Å². The van der Waals surface area contributed by atoms with Crippen LogP contribution < -0.4 is 0 Å². The second-order valence-electron chi connectivity index (χ2n) is 3.08. The highest BCUT2D eigenvalue weighted by molar-refractivity contribution is 5.21. The van der Waals surface area contributed by atoms with E-state index in [0.29, 0.717) is 12.5 Å². The van der Waals surface area contributed by atoms with E-state index in [1.54, 1.807) is 0 Å². The molecular formula is C10H16O. The molecule has 0 fully saturated rings. The first-order valence-electron chi connectivity index (χ1n) is 4.31. The third kappa shape index (κ3) is 2.51. The molecule has 0 aliphatic heterocycles. The van der Waals surface area contributed by atoms with E-state index in [4.69, 9.17) is 5.11 Å². The highest BCUT2D eigenvalue weighted by Gasteiger charge is 2.10. The molecule has 1 aliphatic rings. The smallest absolute Gasteiger partial charge is 0.0494 e. The fourth-order valence-electron chi connectivity index (χ4n) is 1.53. The van der Waals surface area contributed by atoms with Gasteiger partial charge in [0.25, 0.3) is 0 Å². The maximum atomic E-state index is 8.91. The fourth-order valence-corrected chi connectivity index (χ4v) is 1.53. The van der Waals surface area contributed by atoms with Crippen LogP contribution in [-0.4, -0.2) is 11.7 Å². The van der Waals surface area contributed by atoms with Crippen LogP contribution in [-0.2, 0) is 0 Å². The Kier molecular flexibility index (Phi) is 3.37. The third-order valence-corrected chi connectivity index (χ3v) is 2.11. The molecule has 0 bridgehead atoms. The summed E-state index contributed by atoms with van der Waals surface area (Å²) in [7, 11) is 0. The standard InChI is InChI=1S/C10H16O/c1-2-4-9-5-3-6-10(7-9)8-11/h2,4,7,10-11H,3,5-6,8H2,1H3/b4-2+/t10-/m0/s1. The van der Waals surface area contributed by atoms with Crippen LogP contribution in [0.2, 0.25) is 0 Å². The summed E-state index contributed by atoms with van der Waals surface area (Å²) in [5.74, 6) is 0.412. The first-order valence-corrected chi connectivity index (χ1v) is 4.31. The Morgan fingerprint density at radius 2 is 2.55 bits per heavy atom. The van der Waals surface area contributed by atoms with E-state index in [1.807, 2.05) is 6.92 Å². The predicted molar refractivity (Wildman–Crippen MR) is 47.3 cm³/mol. The monoisotopic (exact) mass is 152 g/mol. The van der Waals surface area contributed by atoms with E-state index in [2.05, 4.69) is 18.2 Å². The van der Waals surface area contributed by atoms with Crippen molar-refractivity contribution in [3.8, 4) is 0 Å². The number of hydrogen-bond donors (Lipinski definition) is 1. The van der Waals surface area contributed by atoms with E-state index in [-0.39, 0.29) is 0 Å². The Bertz CT molecular complexity index is 168. The van der Waals surface area contributed by atoms with Crippen LogP contribution in [0.1, 0.15) is 26.2 Å². The van der Waals surface area contributed by atoms with Crippen molar-refractivity contribution >= 4 is 0 Å². The minimum atomic E-state index is 0.307. The van der Waals surface area contributed by atoms with Crippen molar-refractivity contribution < 1.29 is 5.11 Å². The number of hydrogen-bond acceptors (Lipinski definition) is 1. The lowest BCUT2D eigenvalue weighted by Gasteiger charge is -2.16. The van der Waals surface area contributed by atoms with Crippen molar-refractivity contribution in [2.45, 2.75) is 26.2 Å². The van der Waals surface area contributed by atoms with Crippen LogP contribution in [0.3, 0.4) is 0 Å². The molecule has 1 heteroatoms. The Morgan fingerprint density at radius 3 is 3.18 bits per heavy atom. The minimum Gasteiger partial charge on any atom is -0.396 e. The van der Waals surface area contributed by atoms with Crippen molar-refractivity contribution in [1.82, 2.24) is 0 Å². The van der Waals surface area contributed by atoms with Gasteiger partial charge in [0.05, 0.1) is 0 Å². The van der Waals surface area contributed by atoms with Crippen LogP contribution in [0.15, 0.2) is 23.8 Å². The molecular weight excluding hydrogens is 136 g/mol. The lowest BCUT2D eigenvalue weighted by Crippen LogP contribution is -2.07. The Balaban J connectivity index is 2.56. The van der Waals surface area contributed by atoms with Crippen LogP contribution in [0, 0.1) is 5.92 Å². The van der Waals surface area contributed by atoms with Gasteiger partial charge in [0.2, 0.25) is 0 Å². The summed E-state index contributed by atoms with van der Waals surface area (Å²) in [5, 5.41) is 8.91. The minimum absolute atomic E-state index is 0.307. The zero-order valence-corrected chi connectivity index (χ0v) is 7.09. The van der Waals surface area contributed by atoms with Gasteiger partial charge in [-0.2, -0.15) is 0 Å². The van der Waals surface area contributed by atoms with Crippen molar-refractivity contribution in [1.29, 1.82) is 0 Å². The van der Waals surface area contributed by atoms with E-state index in [0.717, 1.165) is 6.42 Å². The van der Waals surface area contributed by atoms with E-state index in [1.165, 1.54) is 18.4 Å². The van der Waals surface area contributed by atoms with Crippen LogP contribution in [0.5, 0.6) is 0 Å². The summed E-state index contributed by atoms with van der Waals surface area (Å²) in [6, 6.07) is 0. The summed E-state index contributed by atoms with van der Waals surface area (Å²) in [6.45, 7) is 2.34. The van der Waals surface area contributed by atoms with Gasteiger partial charge in [0.1, 0.15) is 0 Å². The third-order valence-electron chi connectivity index (χ3n) is 2.11. The zero-order valence-electron chi connectivity index (χ0n) is 7.09. The van der Waals surface area contributed by atoms with Gasteiger partial charge in [0.15, 0.2) is 0 Å². The molecule has 0 heterocycles. The summed E-state index contributed by atoms with van der Waals surface area (Å²) >= 11 is 0. The van der Waals surface area contributed by atoms with Crippen LogP contribution in [0.25, 0.3) is 0 Å². The molecule has 0 saturated carbocycles. The predicted octanol–water partition coefficient (Wildman–Crippen LogP) is 2.28. The molecule has 1 aliphatic carbocycles. The summed E-state index contributed by atoms with van der Waals surface area (Å²) in [6.07, 6.45) is 9.96. The lowest BCUT2D eigenvalue weighted by atomic mass is 9.91. The molecule has 0 amide bonds. The number of allylic oxidation sites excluding steroid dienone is 3. The van der Waals surface area contributed by atoms with Crippen molar-refractivity contribution in [2.24, 2.45) is 5.92 Å². The Morgan fingerprint density at radius 1 is 1.73 bits per heavy atom. The first-order chi connectivity index (χ1) is 5.36. The second-order valence-corrected chi connectivity index (χ2v) is 3.08. The molecule has 0 aromatic rings. The van der Waals surface area contributed by atoms with Crippen molar-refractivity contribution in [2.75, 3.05) is 6.61 Å². The van der Waals surface area contributed by atoms with Gasteiger partial charge in [-0.1, -0.05) is 23.8 Å². The largest absolute Gasteiger partial charge is 0.396 e. The van der Waals surface area contributed by atoms with Gasteiger partial charge in [-0.25, -0.2) is 0 Å². The molecule has 0 unspecified atom stereocenters. The molecule has 62 valence electrons. The lowest BCUT2D eigenvalue weighted by molar-refractivity contribution is 0.240. The average Bonchev–Trinajstić information content (AvgIpc) is 2.06. The molecule has 0 radical (unpaired) electrons. The average molecular weight is 152 g/mol. The number of aliphatic hydroxyl groups excluding tert-OH is 1. The highest BCUT2D eigenvalue weighted by Crippen LogP contribution is 2.22. The Labute approximate surface area is 68.4 Å². The van der Waals surface area contributed by atoms with Crippen molar-refractivity contribution in [3.63, 3.8) is 0 Å². The van der Waals surface area contributed by atoms with Gasteiger partial charge in [-0.15, -0.1) is 0 Å². The molecule has 11 heavy (non-hydrogen) atoms. The Hall–Kier alpha value is -0.560. The summed E-state index contributed by atoms with van der Waals surface area (Å²) < 4.78 is 0. The molecule has 1 rings (SSSR count). The normalized spacial score (nSPS) is 25.6. The zero-order chi connectivity index (χ0) is 8.10. The second kappa shape index (κ2) is 4.35. The quantitative estimate of drug-likeness (QED) is 0.643.